The molecule has 0 spiro atoms. The van der Waals surface area contributed by atoms with Crippen LogP contribution in [0.25, 0.3) is 33.7 Å². The molecule has 0 N–H and O–H groups in total. The van der Waals surface area contributed by atoms with Crippen LogP contribution in [0.15, 0.2) is 74.3 Å². The SMILES string of the molecule is CC(C)(C)c1ccc(-c2nc3sc(=Cc4ccc(-c5cccc(Br)c5)o4)c(=O)n3n2)cc1. The predicted octanol–water partition coefficient (Wildman–Crippen LogP) is 5.69. The minimum atomic E-state index is -0.199. The smallest absolute Gasteiger partial charge is 0.291 e. The Morgan fingerprint density at radius 3 is 2.50 bits per heavy atom. The van der Waals surface area contributed by atoms with Gasteiger partial charge in [-0.1, -0.05) is 84.4 Å². The number of hydrogen-bond acceptors (Lipinski definition) is 5. The van der Waals surface area contributed by atoms with Gasteiger partial charge in [0.2, 0.25) is 4.96 Å². The molecule has 0 saturated carbocycles. The highest BCUT2D eigenvalue weighted by atomic mass is 79.9. The molecule has 0 aliphatic rings. The van der Waals surface area contributed by atoms with Crippen molar-refractivity contribution >= 4 is 38.3 Å². The van der Waals surface area contributed by atoms with Crippen LogP contribution in [-0.2, 0) is 5.41 Å². The van der Waals surface area contributed by atoms with E-state index >= 15 is 0 Å². The van der Waals surface area contributed by atoms with Gasteiger partial charge in [0, 0.05) is 21.7 Å². The Labute approximate surface area is 197 Å². The molecule has 0 fully saturated rings. The largest absolute Gasteiger partial charge is 0.457 e. The summed E-state index contributed by atoms with van der Waals surface area (Å²) in [5, 5.41) is 4.45. The van der Waals surface area contributed by atoms with Crippen molar-refractivity contribution in [3.63, 3.8) is 0 Å². The Morgan fingerprint density at radius 1 is 1.03 bits per heavy atom. The number of nitrogens with zero attached hydrogens (tertiary/aromatic N) is 3. The van der Waals surface area contributed by atoms with E-state index in [0.717, 1.165) is 21.4 Å². The van der Waals surface area contributed by atoms with Crippen molar-refractivity contribution in [2.45, 2.75) is 26.2 Å². The first-order valence-electron chi connectivity index (χ1n) is 10.2. The highest BCUT2D eigenvalue weighted by molar-refractivity contribution is 9.10. The number of furan rings is 1. The van der Waals surface area contributed by atoms with Gasteiger partial charge in [-0.15, -0.1) is 5.10 Å². The van der Waals surface area contributed by atoms with Crippen LogP contribution < -0.4 is 10.1 Å². The van der Waals surface area contributed by atoms with Gasteiger partial charge in [-0.3, -0.25) is 4.79 Å². The van der Waals surface area contributed by atoms with E-state index in [9.17, 15) is 4.79 Å². The molecule has 0 atom stereocenters. The first-order valence-corrected chi connectivity index (χ1v) is 11.8. The molecule has 0 unspecified atom stereocenters. The third-order valence-electron chi connectivity index (χ3n) is 5.20. The Morgan fingerprint density at radius 2 is 1.81 bits per heavy atom. The average Bonchev–Trinajstić information content (AvgIpc) is 3.45. The first kappa shape index (κ1) is 20.8. The molecule has 3 heterocycles. The zero-order valence-electron chi connectivity index (χ0n) is 17.8. The molecule has 0 saturated heterocycles. The summed E-state index contributed by atoms with van der Waals surface area (Å²) in [4.78, 5) is 18.0. The van der Waals surface area contributed by atoms with Gasteiger partial charge in [0.15, 0.2) is 5.82 Å². The number of benzene rings is 2. The highest BCUT2D eigenvalue weighted by Crippen LogP contribution is 2.26. The Kier molecular flexibility index (Phi) is 5.10. The van der Waals surface area contributed by atoms with Gasteiger partial charge < -0.3 is 4.42 Å². The molecule has 5 rings (SSSR count). The number of halogens is 1. The minimum Gasteiger partial charge on any atom is -0.457 e. The lowest BCUT2D eigenvalue weighted by atomic mass is 9.87. The monoisotopic (exact) mass is 505 g/mol. The van der Waals surface area contributed by atoms with Crippen LogP contribution in [0, 0.1) is 0 Å². The van der Waals surface area contributed by atoms with E-state index in [0.29, 0.717) is 21.1 Å². The number of rotatable bonds is 3. The summed E-state index contributed by atoms with van der Waals surface area (Å²) in [6, 6.07) is 19.8. The second-order valence-electron chi connectivity index (χ2n) is 8.59. The van der Waals surface area contributed by atoms with E-state index in [1.807, 2.05) is 48.5 Å². The highest BCUT2D eigenvalue weighted by Gasteiger charge is 2.16. The Bertz CT molecular complexity index is 1540. The molecule has 0 bridgehead atoms. The lowest BCUT2D eigenvalue weighted by Crippen LogP contribution is -2.23. The molecule has 0 aliphatic heterocycles. The normalized spacial score (nSPS) is 12.7. The number of hydrogen-bond donors (Lipinski definition) is 0. The van der Waals surface area contributed by atoms with Crippen molar-refractivity contribution < 1.29 is 4.42 Å². The summed E-state index contributed by atoms with van der Waals surface area (Å²) in [6.07, 6.45) is 1.74. The third-order valence-corrected chi connectivity index (χ3v) is 6.65. The molecule has 5 aromatic rings. The van der Waals surface area contributed by atoms with Gasteiger partial charge in [-0.25, -0.2) is 0 Å². The molecular weight excluding hydrogens is 486 g/mol. The molecule has 160 valence electrons. The predicted molar refractivity (Wildman–Crippen MR) is 132 cm³/mol. The maximum Gasteiger partial charge on any atom is 0.291 e. The van der Waals surface area contributed by atoms with Gasteiger partial charge >= 0.3 is 0 Å². The van der Waals surface area contributed by atoms with Crippen LogP contribution in [0.5, 0.6) is 0 Å². The number of thiazole rings is 1. The van der Waals surface area contributed by atoms with Crippen molar-refractivity contribution in [1.29, 1.82) is 0 Å². The fourth-order valence-electron chi connectivity index (χ4n) is 3.43. The van der Waals surface area contributed by atoms with E-state index in [2.05, 4.69) is 58.9 Å². The second kappa shape index (κ2) is 7.83. The maximum atomic E-state index is 12.9. The van der Waals surface area contributed by atoms with E-state index in [1.165, 1.54) is 21.4 Å². The lowest BCUT2D eigenvalue weighted by molar-refractivity contribution is 0.571. The summed E-state index contributed by atoms with van der Waals surface area (Å²) in [5.74, 6) is 1.90. The summed E-state index contributed by atoms with van der Waals surface area (Å²) in [5.41, 5.74) is 2.98. The topological polar surface area (TPSA) is 60.4 Å². The summed E-state index contributed by atoms with van der Waals surface area (Å²) in [7, 11) is 0. The molecule has 5 nitrogen and oxygen atoms in total. The standard InChI is InChI=1S/C25H20BrN3O2S/c1-25(2,3)17-9-7-15(8-10-17)22-27-24-29(28-22)23(30)21(32-24)14-19-11-12-20(31-19)16-5-4-6-18(26)13-16/h4-14H,1-3H3. The zero-order chi connectivity index (χ0) is 22.5. The Balaban J connectivity index is 1.47. The van der Waals surface area contributed by atoms with Crippen molar-refractivity contribution in [1.82, 2.24) is 14.6 Å². The van der Waals surface area contributed by atoms with Crippen molar-refractivity contribution in [3.05, 3.63) is 91.3 Å². The average molecular weight is 506 g/mol. The van der Waals surface area contributed by atoms with Crippen LogP contribution in [0.3, 0.4) is 0 Å². The van der Waals surface area contributed by atoms with Crippen LogP contribution in [-0.4, -0.2) is 14.6 Å². The summed E-state index contributed by atoms with van der Waals surface area (Å²) < 4.78 is 8.80. The van der Waals surface area contributed by atoms with Crippen molar-refractivity contribution in [2.24, 2.45) is 0 Å². The molecule has 3 aromatic heterocycles. The molecule has 32 heavy (non-hydrogen) atoms. The van der Waals surface area contributed by atoms with Crippen LogP contribution in [0.2, 0.25) is 0 Å². The fraction of sp³-hybridized carbons (Fsp3) is 0.160. The second-order valence-corrected chi connectivity index (χ2v) is 10.5. The van der Waals surface area contributed by atoms with E-state index in [-0.39, 0.29) is 11.0 Å². The first-order chi connectivity index (χ1) is 15.3. The van der Waals surface area contributed by atoms with E-state index in [1.54, 1.807) is 6.08 Å². The van der Waals surface area contributed by atoms with Gasteiger partial charge in [-0.05, 0) is 35.2 Å². The zero-order valence-corrected chi connectivity index (χ0v) is 20.2. The van der Waals surface area contributed by atoms with Crippen molar-refractivity contribution in [2.75, 3.05) is 0 Å². The van der Waals surface area contributed by atoms with Gasteiger partial charge in [0.25, 0.3) is 5.56 Å². The molecule has 0 radical (unpaired) electrons. The van der Waals surface area contributed by atoms with E-state index in [4.69, 9.17) is 4.42 Å². The van der Waals surface area contributed by atoms with Crippen LogP contribution in [0.1, 0.15) is 32.1 Å². The summed E-state index contributed by atoms with van der Waals surface area (Å²) in [6.45, 7) is 6.53. The molecule has 0 aliphatic carbocycles. The maximum absolute atomic E-state index is 12.9. The fourth-order valence-corrected chi connectivity index (χ4v) is 4.72. The van der Waals surface area contributed by atoms with Gasteiger partial charge in [-0.2, -0.15) is 9.50 Å². The molecule has 7 heteroatoms. The van der Waals surface area contributed by atoms with Crippen LogP contribution in [0.4, 0.5) is 0 Å². The third kappa shape index (κ3) is 3.94. The van der Waals surface area contributed by atoms with Crippen LogP contribution >= 0.6 is 27.3 Å². The van der Waals surface area contributed by atoms with E-state index < -0.39 is 0 Å². The summed E-state index contributed by atoms with van der Waals surface area (Å²) >= 11 is 4.78. The molecular formula is C25H20BrN3O2S. The minimum absolute atomic E-state index is 0.0795. The van der Waals surface area contributed by atoms with Crippen molar-refractivity contribution in [3.8, 4) is 22.7 Å². The van der Waals surface area contributed by atoms with Gasteiger partial charge in [0.1, 0.15) is 16.1 Å². The molecule has 2 aromatic carbocycles. The molecule has 0 amide bonds. The quantitative estimate of drug-likeness (QED) is 0.316. The van der Waals surface area contributed by atoms with Gasteiger partial charge in [0.05, 0.1) is 0 Å². The lowest BCUT2D eigenvalue weighted by Gasteiger charge is -2.18. The number of fused-ring (bicyclic) bond motifs is 1. The Hall–Kier alpha value is -3.03. The number of aromatic nitrogens is 3.